The molecule has 162 valence electrons. The standard InChI is InChI=1S/C20H20F2N6O3/c1-10-2-3-11(20(31,17(21)22)18(25)30)6-12(10)13-7-26-15(24)14(28-13)16(29)27-9-19(8-23)4-5-19/h2-3,6-7,17,31H,4-5,9H2,1H3,(H2,24,26)(H2,25,30)(H,27,29). The largest absolute Gasteiger partial charge is 0.382 e. The van der Waals surface area contributed by atoms with Crippen LogP contribution in [0.15, 0.2) is 24.4 Å². The Kier molecular flexibility index (Phi) is 5.61. The minimum absolute atomic E-state index is 0.112. The van der Waals surface area contributed by atoms with E-state index in [0.29, 0.717) is 18.4 Å². The highest BCUT2D eigenvalue weighted by atomic mass is 19.3. The number of carbonyl (C=O) groups excluding carboxylic acids is 2. The number of nitrogens with zero attached hydrogens (tertiary/aromatic N) is 3. The number of rotatable bonds is 7. The molecule has 0 saturated heterocycles. The number of alkyl halides is 2. The van der Waals surface area contributed by atoms with Gasteiger partial charge in [-0.2, -0.15) is 5.26 Å². The van der Waals surface area contributed by atoms with Gasteiger partial charge in [-0.1, -0.05) is 12.1 Å². The molecule has 1 fully saturated rings. The van der Waals surface area contributed by atoms with Gasteiger partial charge in [-0.15, -0.1) is 0 Å². The molecular weight excluding hydrogens is 410 g/mol. The summed E-state index contributed by atoms with van der Waals surface area (Å²) in [5.74, 6) is -2.39. The Morgan fingerprint density at radius 3 is 2.65 bits per heavy atom. The summed E-state index contributed by atoms with van der Waals surface area (Å²) in [6.07, 6.45) is -0.857. The average Bonchev–Trinajstić information content (AvgIpc) is 3.52. The molecule has 2 amide bonds. The highest BCUT2D eigenvalue weighted by molar-refractivity contribution is 5.97. The van der Waals surface area contributed by atoms with Gasteiger partial charge in [-0.05, 0) is 37.0 Å². The number of benzene rings is 1. The van der Waals surface area contributed by atoms with Crippen molar-refractivity contribution in [1.29, 1.82) is 5.26 Å². The topological polar surface area (TPSA) is 168 Å². The second-order valence-electron chi connectivity index (χ2n) is 7.52. The number of carbonyl (C=O) groups is 2. The molecule has 9 nitrogen and oxygen atoms in total. The molecule has 2 aromatic rings. The molecule has 0 radical (unpaired) electrons. The zero-order chi connectivity index (χ0) is 23.0. The maximum atomic E-state index is 13.4. The summed E-state index contributed by atoms with van der Waals surface area (Å²) in [5.41, 5.74) is 7.30. The Morgan fingerprint density at radius 1 is 1.42 bits per heavy atom. The molecule has 1 aromatic heterocycles. The minimum atomic E-state index is -3.46. The highest BCUT2D eigenvalue weighted by Crippen LogP contribution is 2.44. The first-order valence-corrected chi connectivity index (χ1v) is 9.28. The van der Waals surface area contributed by atoms with E-state index in [1.807, 2.05) is 0 Å². The number of hydrogen-bond acceptors (Lipinski definition) is 7. The number of aryl methyl sites for hydroxylation is 1. The van der Waals surface area contributed by atoms with E-state index in [9.17, 15) is 23.5 Å². The Hall–Kier alpha value is -3.65. The van der Waals surface area contributed by atoms with Gasteiger partial charge in [-0.3, -0.25) is 9.59 Å². The molecular formula is C20H20F2N6O3. The fourth-order valence-electron chi connectivity index (χ4n) is 3.02. The van der Waals surface area contributed by atoms with Crippen molar-refractivity contribution in [2.75, 3.05) is 12.3 Å². The van der Waals surface area contributed by atoms with Gasteiger partial charge in [0.25, 0.3) is 18.2 Å². The summed E-state index contributed by atoms with van der Waals surface area (Å²) in [4.78, 5) is 32.2. The highest BCUT2D eigenvalue weighted by Gasteiger charge is 2.46. The number of halogens is 2. The van der Waals surface area contributed by atoms with E-state index < -0.39 is 34.8 Å². The average molecular weight is 430 g/mol. The maximum absolute atomic E-state index is 13.4. The van der Waals surface area contributed by atoms with Crippen molar-refractivity contribution in [3.63, 3.8) is 0 Å². The van der Waals surface area contributed by atoms with Crippen LogP contribution in [0.3, 0.4) is 0 Å². The number of primary amides is 1. The van der Waals surface area contributed by atoms with E-state index in [1.165, 1.54) is 12.3 Å². The molecule has 1 heterocycles. The third-order valence-corrected chi connectivity index (χ3v) is 5.34. The van der Waals surface area contributed by atoms with Crippen molar-refractivity contribution >= 4 is 17.6 Å². The normalized spacial score (nSPS) is 16.3. The number of amides is 2. The Morgan fingerprint density at radius 2 is 2.10 bits per heavy atom. The lowest BCUT2D eigenvalue weighted by atomic mass is 9.90. The number of aromatic nitrogens is 2. The molecule has 1 aliphatic carbocycles. The summed E-state index contributed by atoms with van der Waals surface area (Å²) in [6, 6.07) is 5.86. The SMILES string of the molecule is Cc1ccc(C(O)(C(N)=O)C(F)F)cc1-c1cnc(N)c(C(=O)NCC2(C#N)CC2)n1. The second-order valence-corrected chi connectivity index (χ2v) is 7.52. The summed E-state index contributed by atoms with van der Waals surface area (Å²) >= 11 is 0. The summed E-state index contributed by atoms with van der Waals surface area (Å²) in [5, 5.41) is 21.9. The molecule has 0 spiro atoms. The van der Waals surface area contributed by atoms with Crippen LogP contribution in [0.2, 0.25) is 0 Å². The molecule has 3 rings (SSSR count). The quantitative estimate of drug-likeness (QED) is 0.508. The first-order chi connectivity index (χ1) is 14.5. The molecule has 1 unspecified atom stereocenters. The van der Waals surface area contributed by atoms with Gasteiger partial charge in [0.05, 0.1) is 23.4 Å². The third-order valence-electron chi connectivity index (χ3n) is 5.34. The number of hydrogen-bond donors (Lipinski definition) is 4. The van der Waals surface area contributed by atoms with Crippen LogP contribution in [0.5, 0.6) is 0 Å². The zero-order valence-electron chi connectivity index (χ0n) is 16.5. The molecule has 1 saturated carbocycles. The van der Waals surface area contributed by atoms with Crippen molar-refractivity contribution in [2.45, 2.75) is 31.8 Å². The predicted molar refractivity (Wildman–Crippen MR) is 105 cm³/mol. The number of nitrogens with one attached hydrogen (secondary N) is 1. The van der Waals surface area contributed by atoms with Crippen LogP contribution < -0.4 is 16.8 Å². The van der Waals surface area contributed by atoms with E-state index in [0.717, 1.165) is 12.1 Å². The number of aliphatic hydroxyl groups is 1. The van der Waals surface area contributed by atoms with Gasteiger partial charge < -0.3 is 21.9 Å². The van der Waals surface area contributed by atoms with Crippen LogP contribution in [0, 0.1) is 23.7 Å². The Labute approximate surface area is 176 Å². The van der Waals surface area contributed by atoms with Crippen molar-refractivity contribution < 1.29 is 23.5 Å². The van der Waals surface area contributed by atoms with E-state index in [1.54, 1.807) is 6.92 Å². The van der Waals surface area contributed by atoms with Gasteiger partial charge in [0, 0.05) is 12.1 Å². The van der Waals surface area contributed by atoms with Crippen molar-refractivity contribution in [3.8, 4) is 17.3 Å². The number of anilines is 1. The number of nitrogen functional groups attached to an aromatic ring is 1. The first kappa shape index (κ1) is 22.0. The van der Waals surface area contributed by atoms with Crippen molar-refractivity contribution in [2.24, 2.45) is 11.1 Å². The molecule has 0 bridgehead atoms. The van der Waals surface area contributed by atoms with Gasteiger partial charge >= 0.3 is 0 Å². The van der Waals surface area contributed by atoms with Crippen LogP contribution in [0.4, 0.5) is 14.6 Å². The molecule has 6 N–H and O–H groups in total. The molecule has 11 heteroatoms. The van der Waals surface area contributed by atoms with Crippen LogP contribution in [0.25, 0.3) is 11.3 Å². The molecule has 0 aliphatic heterocycles. The van der Waals surface area contributed by atoms with Gasteiger partial charge in [0.2, 0.25) is 5.60 Å². The van der Waals surface area contributed by atoms with Gasteiger partial charge in [-0.25, -0.2) is 18.7 Å². The predicted octanol–water partition coefficient (Wildman–Crippen LogP) is 1.01. The fraction of sp³-hybridized carbons (Fsp3) is 0.350. The van der Waals surface area contributed by atoms with Crippen LogP contribution in [-0.2, 0) is 10.4 Å². The Bertz CT molecular complexity index is 1100. The summed E-state index contributed by atoms with van der Waals surface area (Å²) in [7, 11) is 0. The lowest BCUT2D eigenvalue weighted by Crippen LogP contribution is -2.47. The lowest BCUT2D eigenvalue weighted by molar-refractivity contribution is -0.156. The van der Waals surface area contributed by atoms with Gasteiger partial charge in [0.1, 0.15) is 0 Å². The van der Waals surface area contributed by atoms with Crippen LogP contribution in [0.1, 0.15) is 34.5 Å². The van der Waals surface area contributed by atoms with Crippen LogP contribution in [-0.4, -0.2) is 39.9 Å². The van der Waals surface area contributed by atoms with Crippen LogP contribution >= 0.6 is 0 Å². The fourth-order valence-corrected chi connectivity index (χ4v) is 3.02. The maximum Gasteiger partial charge on any atom is 0.280 e. The van der Waals surface area contributed by atoms with Gasteiger partial charge in [0.15, 0.2) is 11.5 Å². The minimum Gasteiger partial charge on any atom is -0.382 e. The summed E-state index contributed by atoms with van der Waals surface area (Å²) in [6.45, 7) is 1.79. The van der Waals surface area contributed by atoms with E-state index >= 15 is 0 Å². The number of nitriles is 1. The third kappa shape index (κ3) is 4.02. The molecule has 1 aliphatic rings. The second kappa shape index (κ2) is 7.88. The zero-order valence-corrected chi connectivity index (χ0v) is 16.5. The van der Waals surface area contributed by atoms with E-state index in [2.05, 4.69) is 21.4 Å². The first-order valence-electron chi connectivity index (χ1n) is 9.28. The van der Waals surface area contributed by atoms with E-state index in [4.69, 9.17) is 16.7 Å². The monoisotopic (exact) mass is 430 g/mol. The summed E-state index contributed by atoms with van der Waals surface area (Å²) < 4.78 is 26.8. The number of nitrogens with two attached hydrogens (primary N) is 2. The van der Waals surface area contributed by atoms with Crippen molar-refractivity contribution in [3.05, 3.63) is 41.2 Å². The lowest BCUT2D eigenvalue weighted by Gasteiger charge is -2.25. The van der Waals surface area contributed by atoms with Crippen molar-refractivity contribution in [1.82, 2.24) is 15.3 Å². The molecule has 1 atom stereocenters. The molecule has 31 heavy (non-hydrogen) atoms. The Balaban J connectivity index is 1.98. The molecule has 1 aromatic carbocycles. The smallest absolute Gasteiger partial charge is 0.280 e. The van der Waals surface area contributed by atoms with E-state index in [-0.39, 0.29) is 29.3 Å².